The van der Waals surface area contributed by atoms with E-state index in [0.29, 0.717) is 22.8 Å². The maximum absolute atomic E-state index is 12.9. The first-order valence-corrected chi connectivity index (χ1v) is 9.41. The van der Waals surface area contributed by atoms with Crippen LogP contribution in [-0.2, 0) is 11.2 Å². The fraction of sp³-hybridized carbons (Fsp3) is 0.0909. The summed E-state index contributed by atoms with van der Waals surface area (Å²) in [7, 11) is 2.03. The van der Waals surface area contributed by atoms with E-state index in [9.17, 15) is 9.90 Å². The number of benzodiazepines with no additional fused rings is 1. The fourth-order valence-electron chi connectivity index (χ4n) is 3.36. The molecule has 1 aliphatic heterocycles. The zero-order valence-corrected chi connectivity index (χ0v) is 16.1. The number of phenols is 1. The van der Waals surface area contributed by atoms with Gasteiger partial charge < -0.3 is 10.4 Å². The summed E-state index contributed by atoms with van der Waals surface area (Å²) in [6.07, 6.45) is 0.502. The SMILES string of the molecule is Bc1ccccc1CC1N=C(c2ccc(O)cc2)c2cc(Cl)ccc2NC1=O. The van der Waals surface area contributed by atoms with Gasteiger partial charge in [-0.1, -0.05) is 46.9 Å². The normalized spacial score (nSPS) is 16.0. The number of anilines is 1. The van der Waals surface area contributed by atoms with Crippen molar-refractivity contribution in [1.82, 2.24) is 0 Å². The molecule has 1 heterocycles. The Hall–Kier alpha value is -3.05. The van der Waals surface area contributed by atoms with Crippen LogP contribution in [-0.4, -0.2) is 30.6 Å². The van der Waals surface area contributed by atoms with Crippen LogP contribution in [0.3, 0.4) is 0 Å². The topological polar surface area (TPSA) is 61.7 Å². The summed E-state index contributed by atoms with van der Waals surface area (Å²) in [5.74, 6) is 0.0237. The molecule has 4 nitrogen and oxygen atoms in total. The standard InChI is InChI=1S/C22H18BClN2O2/c23-18-4-2-1-3-14(18)11-20-22(28)26-19-10-7-15(24)12-17(19)21(25-20)13-5-8-16(27)9-6-13/h1-10,12,20,27H,11,23H2,(H,26,28). The first-order valence-electron chi connectivity index (χ1n) is 9.04. The van der Waals surface area contributed by atoms with Crippen LogP contribution in [0.15, 0.2) is 71.7 Å². The third-order valence-electron chi connectivity index (χ3n) is 4.90. The Labute approximate surface area is 169 Å². The minimum atomic E-state index is -0.573. The second-order valence-electron chi connectivity index (χ2n) is 6.85. The number of nitrogens with zero attached hydrogens (tertiary/aromatic N) is 1. The molecule has 0 bridgehead atoms. The number of amides is 1. The van der Waals surface area contributed by atoms with E-state index in [0.717, 1.165) is 22.2 Å². The van der Waals surface area contributed by atoms with Crippen LogP contribution in [0, 0.1) is 0 Å². The summed E-state index contributed by atoms with van der Waals surface area (Å²) in [5, 5.41) is 13.2. The quantitative estimate of drug-likeness (QED) is 0.678. The highest BCUT2D eigenvalue weighted by Gasteiger charge is 2.26. The van der Waals surface area contributed by atoms with Crippen molar-refractivity contribution in [2.24, 2.45) is 4.99 Å². The molecule has 1 atom stereocenters. The number of hydrogen-bond acceptors (Lipinski definition) is 3. The zero-order valence-electron chi connectivity index (χ0n) is 15.3. The lowest BCUT2D eigenvalue weighted by atomic mass is 9.87. The Morgan fingerprint density at radius 1 is 1.07 bits per heavy atom. The van der Waals surface area contributed by atoms with Crippen molar-refractivity contribution >= 4 is 42.2 Å². The molecule has 3 aromatic rings. The number of carbonyl (C=O) groups is 1. The minimum Gasteiger partial charge on any atom is -0.508 e. The molecular formula is C22H18BClN2O2. The van der Waals surface area contributed by atoms with Crippen LogP contribution in [0.2, 0.25) is 5.02 Å². The van der Waals surface area contributed by atoms with Crippen LogP contribution in [0.5, 0.6) is 5.75 Å². The first kappa shape index (κ1) is 18.3. The number of aliphatic imine (C=N–C) groups is 1. The van der Waals surface area contributed by atoms with Gasteiger partial charge in [-0.2, -0.15) is 0 Å². The van der Waals surface area contributed by atoms with Gasteiger partial charge in [-0.25, -0.2) is 0 Å². The molecule has 0 fully saturated rings. The second-order valence-corrected chi connectivity index (χ2v) is 7.29. The van der Waals surface area contributed by atoms with Crippen molar-refractivity contribution in [3.63, 3.8) is 0 Å². The predicted octanol–water partition coefficient (Wildman–Crippen LogP) is 2.70. The molecule has 0 radical (unpaired) electrons. The average molecular weight is 389 g/mol. The van der Waals surface area contributed by atoms with Gasteiger partial charge in [0, 0.05) is 22.6 Å². The third kappa shape index (κ3) is 3.66. The van der Waals surface area contributed by atoms with Gasteiger partial charge >= 0.3 is 0 Å². The summed E-state index contributed by atoms with van der Waals surface area (Å²) in [4.78, 5) is 17.8. The molecular weight excluding hydrogens is 371 g/mol. The largest absolute Gasteiger partial charge is 0.508 e. The number of rotatable bonds is 3. The molecule has 6 heteroatoms. The number of benzene rings is 3. The highest BCUT2D eigenvalue weighted by molar-refractivity contribution is 6.33. The van der Waals surface area contributed by atoms with E-state index in [-0.39, 0.29) is 11.7 Å². The van der Waals surface area contributed by atoms with Crippen molar-refractivity contribution in [2.45, 2.75) is 12.5 Å². The zero-order chi connectivity index (χ0) is 19.7. The van der Waals surface area contributed by atoms with Gasteiger partial charge in [0.05, 0.1) is 11.4 Å². The van der Waals surface area contributed by atoms with E-state index in [4.69, 9.17) is 16.6 Å². The number of nitrogens with one attached hydrogen (secondary N) is 1. The smallest absolute Gasteiger partial charge is 0.249 e. The number of halogens is 1. The van der Waals surface area contributed by atoms with Crippen LogP contribution in [0.4, 0.5) is 5.69 Å². The Morgan fingerprint density at radius 2 is 1.82 bits per heavy atom. The highest BCUT2D eigenvalue weighted by atomic mass is 35.5. The maximum atomic E-state index is 12.9. The van der Waals surface area contributed by atoms with E-state index in [2.05, 4.69) is 5.32 Å². The second kappa shape index (κ2) is 7.53. The van der Waals surface area contributed by atoms with Gasteiger partial charge in [-0.15, -0.1) is 0 Å². The van der Waals surface area contributed by atoms with E-state index in [1.807, 2.05) is 32.1 Å². The van der Waals surface area contributed by atoms with Gasteiger partial charge in [0.25, 0.3) is 0 Å². The highest BCUT2D eigenvalue weighted by Crippen LogP contribution is 2.28. The minimum absolute atomic E-state index is 0.152. The maximum Gasteiger partial charge on any atom is 0.249 e. The number of carbonyl (C=O) groups excluding carboxylic acids is 1. The number of fused-ring (bicyclic) bond motifs is 1. The molecule has 0 spiro atoms. The first-order chi connectivity index (χ1) is 13.5. The Morgan fingerprint density at radius 3 is 2.57 bits per heavy atom. The van der Waals surface area contributed by atoms with Crippen molar-refractivity contribution < 1.29 is 9.90 Å². The van der Waals surface area contributed by atoms with Gasteiger partial charge in [0.2, 0.25) is 5.91 Å². The van der Waals surface area contributed by atoms with E-state index in [1.165, 1.54) is 0 Å². The molecule has 28 heavy (non-hydrogen) atoms. The number of hydrogen-bond donors (Lipinski definition) is 2. The molecule has 0 aromatic heterocycles. The van der Waals surface area contributed by atoms with Gasteiger partial charge in [-0.3, -0.25) is 9.79 Å². The predicted molar refractivity (Wildman–Crippen MR) is 116 cm³/mol. The molecule has 0 aliphatic carbocycles. The number of phenolic OH excluding ortho intramolecular Hbond substituents is 1. The lowest BCUT2D eigenvalue weighted by molar-refractivity contribution is -0.117. The van der Waals surface area contributed by atoms with Crippen LogP contribution < -0.4 is 10.8 Å². The Bertz CT molecular complexity index is 1080. The van der Waals surface area contributed by atoms with E-state index >= 15 is 0 Å². The van der Waals surface area contributed by atoms with Crippen molar-refractivity contribution in [3.05, 3.63) is 88.4 Å². The lowest BCUT2D eigenvalue weighted by Gasteiger charge is -2.13. The average Bonchev–Trinajstić information content (AvgIpc) is 2.81. The molecule has 0 saturated carbocycles. The molecule has 2 N–H and O–H groups in total. The van der Waals surface area contributed by atoms with Crippen molar-refractivity contribution in [1.29, 1.82) is 0 Å². The monoisotopic (exact) mass is 388 g/mol. The molecule has 0 saturated heterocycles. The summed E-state index contributed by atoms with van der Waals surface area (Å²) < 4.78 is 0. The summed E-state index contributed by atoms with van der Waals surface area (Å²) in [6, 6.07) is 19.6. The molecule has 1 unspecified atom stereocenters. The fourth-order valence-corrected chi connectivity index (χ4v) is 3.53. The van der Waals surface area contributed by atoms with Crippen molar-refractivity contribution in [3.8, 4) is 5.75 Å². The molecule has 3 aromatic carbocycles. The van der Waals surface area contributed by atoms with Crippen LogP contribution in [0.25, 0.3) is 0 Å². The van der Waals surface area contributed by atoms with Crippen molar-refractivity contribution in [2.75, 3.05) is 5.32 Å². The third-order valence-corrected chi connectivity index (χ3v) is 5.13. The van der Waals surface area contributed by atoms with Gasteiger partial charge in [0.1, 0.15) is 19.6 Å². The summed E-state index contributed by atoms with van der Waals surface area (Å²) >= 11 is 6.22. The van der Waals surface area contributed by atoms with Gasteiger partial charge in [0.15, 0.2) is 0 Å². The summed E-state index contributed by atoms with van der Waals surface area (Å²) in [5.41, 5.74) is 5.14. The molecule has 4 rings (SSSR count). The van der Waals surface area contributed by atoms with Crippen LogP contribution in [0.1, 0.15) is 16.7 Å². The molecule has 1 aliphatic rings. The Balaban J connectivity index is 1.84. The Kier molecular flexibility index (Phi) is 4.92. The molecule has 138 valence electrons. The lowest BCUT2D eigenvalue weighted by Crippen LogP contribution is -2.29. The molecule has 1 amide bonds. The summed E-state index contributed by atoms with van der Waals surface area (Å²) in [6.45, 7) is 0. The van der Waals surface area contributed by atoms with Gasteiger partial charge in [-0.05, 0) is 42.5 Å². The van der Waals surface area contributed by atoms with Crippen LogP contribution >= 0.6 is 11.6 Å². The van der Waals surface area contributed by atoms with E-state index in [1.54, 1.807) is 42.5 Å². The van der Waals surface area contributed by atoms with E-state index < -0.39 is 6.04 Å². The number of aromatic hydroxyl groups is 1.